The fourth-order valence-corrected chi connectivity index (χ4v) is 3.12. The van der Waals surface area contributed by atoms with Gasteiger partial charge in [0.1, 0.15) is 0 Å². The Morgan fingerprint density at radius 2 is 1.86 bits per heavy atom. The minimum Gasteiger partial charge on any atom is -0.236 e. The van der Waals surface area contributed by atoms with Gasteiger partial charge in [-0.2, -0.15) is 23.5 Å². The first kappa shape index (κ1) is 19.6. The third kappa shape index (κ3) is 3.75. The van der Waals surface area contributed by atoms with E-state index in [0.29, 0.717) is 16.7 Å². The maximum absolute atomic E-state index is 13.2. The molecule has 0 amide bonds. The predicted octanol–water partition coefficient (Wildman–Crippen LogP) is 3.54. The van der Waals surface area contributed by atoms with Crippen molar-refractivity contribution in [3.63, 3.8) is 0 Å². The van der Waals surface area contributed by atoms with Gasteiger partial charge in [-0.3, -0.25) is 0 Å². The van der Waals surface area contributed by atoms with E-state index >= 15 is 0 Å². The van der Waals surface area contributed by atoms with Crippen LogP contribution in [0.15, 0.2) is 47.5 Å². The minimum absolute atomic E-state index is 0.0277. The van der Waals surface area contributed by atoms with Crippen molar-refractivity contribution in [2.45, 2.75) is 18.0 Å². The van der Waals surface area contributed by atoms with Crippen LogP contribution < -0.4 is 0 Å². The summed E-state index contributed by atoms with van der Waals surface area (Å²) in [6, 6.07) is 10.0. The first-order chi connectivity index (χ1) is 13.0. The summed E-state index contributed by atoms with van der Waals surface area (Å²) in [5.41, 5.74) is 0.412. The van der Waals surface area contributed by atoms with Crippen LogP contribution >= 0.6 is 0 Å². The molecular weight excluding hydrogens is 393 g/mol. The summed E-state index contributed by atoms with van der Waals surface area (Å²) in [4.78, 5) is 3.89. The molecule has 0 aliphatic rings. The Morgan fingerprint density at radius 3 is 2.36 bits per heavy atom. The van der Waals surface area contributed by atoms with Crippen molar-refractivity contribution < 1.29 is 21.6 Å². The number of pyridine rings is 1. The molecule has 3 aromatic rings. The highest BCUT2D eigenvalue weighted by Gasteiger charge is 2.35. The van der Waals surface area contributed by atoms with Gasteiger partial charge in [0.15, 0.2) is 21.3 Å². The number of rotatable bonds is 3. The summed E-state index contributed by atoms with van der Waals surface area (Å²) in [6.07, 6.45) is -2.61. The molecule has 0 spiro atoms. The zero-order valence-electron chi connectivity index (χ0n) is 14.7. The lowest BCUT2D eigenvalue weighted by molar-refractivity contribution is -0.141. The fourth-order valence-electron chi connectivity index (χ4n) is 2.57. The number of halogens is 3. The number of sulfone groups is 1. The van der Waals surface area contributed by atoms with Crippen molar-refractivity contribution in [2.24, 2.45) is 0 Å². The van der Waals surface area contributed by atoms with Gasteiger partial charge >= 0.3 is 6.18 Å². The Bertz CT molecular complexity index is 1190. The highest BCUT2D eigenvalue weighted by atomic mass is 32.2. The largest absolute Gasteiger partial charge is 0.435 e. The van der Waals surface area contributed by atoms with Gasteiger partial charge in [-0.05, 0) is 42.8 Å². The number of nitriles is 1. The van der Waals surface area contributed by atoms with Crippen LogP contribution in [0.1, 0.15) is 16.8 Å². The topological polar surface area (TPSA) is 88.6 Å². The summed E-state index contributed by atoms with van der Waals surface area (Å²) in [5.74, 6) is 0.0277. The molecule has 0 saturated heterocycles. The van der Waals surface area contributed by atoms with Crippen molar-refractivity contribution in [2.75, 3.05) is 6.26 Å². The number of aromatic nitrogens is 3. The van der Waals surface area contributed by atoms with Gasteiger partial charge in [0.05, 0.1) is 22.2 Å². The van der Waals surface area contributed by atoms with E-state index in [2.05, 4.69) is 10.1 Å². The van der Waals surface area contributed by atoms with Gasteiger partial charge in [-0.1, -0.05) is 6.07 Å². The lowest BCUT2D eigenvalue weighted by Crippen LogP contribution is -2.08. The van der Waals surface area contributed by atoms with Gasteiger partial charge in [0.25, 0.3) is 0 Å². The summed E-state index contributed by atoms with van der Waals surface area (Å²) in [7, 11) is -3.50. The van der Waals surface area contributed by atoms with Crippen molar-refractivity contribution in [1.29, 1.82) is 5.26 Å². The number of hydrogen-bond acceptors (Lipinski definition) is 5. The molecule has 144 valence electrons. The van der Waals surface area contributed by atoms with Gasteiger partial charge < -0.3 is 0 Å². The summed E-state index contributed by atoms with van der Waals surface area (Å²) >= 11 is 0. The van der Waals surface area contributed by atoms with Crippen LogP contribution in [0.2, 0.25) is 0 Å². The monoisotopic (exact) mass is 406 g/mol. The number of nitrogens with zero attached hydrogens (tertiary/aromatic N) is 4. The number of benzene rings is 1. The first-order valence-corrected chi connectivity index (χ1v) is 9.75. The van der Waals surface area contributed by atoms with E-state index in [9.17, 15) is 21.6 Å². The van der Waals surface area contributed by atoms with Gasteiger partial charge in [-0.25, -0.2) is 18.1 Å². The Hall–Kier alpha value is -3.19. The van der Waals surface area contributed by atoms with Crippen molar-refractivity contribution in [3.05, 3.63) is 59.4 Å². The zero-order valence-corrected chi connectivity index (χ0v) is 15.5. The lowest BCUT2D eigenvalue weighted by atomic mass is 10.0. The molecule has 1 aromatic carbocycles. The van der Waals surface area contributed by atoms with Crippen LogP contribution in [0.5, 0.6) is 0 Å². The first-order valence-electron chi connectivity index (χ1n) is 7.85. The minimum atomic E-state index is -4.67. The smallest absolute Gasteiger partial charge is 0.236 e. The van der Waals surface area contributed by atoms with Crippen molar-refractivity contribution >= 4 is 9.84 Å². The maximum Gasteiger partial charge on any atom is 0.435 e. The molecular formula is C18H13F3N4O2S. The fraction of sp³-hybridized carbons (Fsp3) is 0.167. The van der Waals surface area contributed by atoms with E-state index in [4.69, 9.17) is 5.26 Å². The molecule has 0 N–H and O–H groups in total. The van der Waals surface area contributed by atoms with Crippen LogP contribution in [0.25, 0.3) is 17.1 Å². The number of hydrogen-bond donors (Lipinski definition) is 0. The maximum atomic E-state index is 13.2. The second-order valence-electron chi connectivity index (χ2n) is 6.09. The molecule has 0 atom stereocenters. The van der Waals surface area contributed by atoms with E-state index in [-0.39, 0.29) is 16.4 Å². The number of aryl methyl sites for hydroxylation is 1. The van der Waals surface area contributed by atoms with E-state index in [1.165, 1.54) is 24.3 Å². The molecule has 0 bridgehead atoms. The van der Waals surface area contributed by atoms with E-state index in [1.54, 1.807) is 13.0 Å². The predicted molar refractivity (Wildman–Crippen MR) is 94.4 cm³/mol. The second-order valence-corrected chi connectivity index (χ2v) is 8.11. The Labute approximate surface area is 158 Å². The Morgan fingerprint density at radius 1 is 1.14 bits per heavy atom. The van der Waals surface area contributed by atoms with Crippen LogP contribution in [0, 0.1) is 18.3 Å². The lowest BCUT2D eigenvalue weighted by Gasteiger charge is -2.08. The summed E-state index contributed by atoms with van der Waals surface area (Å²) < 4.78 is 63.8. The molecule has 10 heteroatoms. The van der Waals surface area contributed by atoms with Crippen molar-refractivity contribution in [3.8, 4) is 23.1 Å². The molecule has 0 unspecified atom stereocenters. The molecule has 2 heterocycles. The van der Waals surface area contributed by atoms with Crippen LogP contribution in [-0.2, 0) is 16.0 Å². The van der Waals surface area contributed by atoms with Crippen LogP contribution in [0.3, 0.4) is 0 Å². The molecule has 0 aliphatic heterocycles. The third-order valence-corrected chi connectivity index (χ3v) is 5.11. The highest BCUT2D eigenvalue weighted by Crippen LogP contribution is 2.33. The molecule has 0 aliphatic carbocycles. The molecule has 28 heavy (non-hydrogen) atoms. The van der Waals surface area contributed by atoms with Crippen LogP contribution in [-0.4, -0.2) is 29.4 Å². The molecule has 2 aromatic heterocycles. The van der Waals surface area contributed by atoms with E-state index in [0.717, 1.165) is 23.2 Å². The van der Waals surface area contributed by atoms with Gasteiger partial charge in [-0.15, -0.1) is 0 Å². The normalized spacial score (nSPS) is 12.0. The van der Waals surface area contributed by atoms with E-state index in [1.807, 2.05) is 6.07 Å². The molecule has 0 saturated carbocycles. The van der Waals surface area contributed by atoms with E-state index < -0.39 is 21.7 Å². The molecule has 3 rings (SSSR count). The van der Waals surface area contributed by atoms with Crippen molar-refractivity contribution in [1.82, 2.24) is 14.8 Å². The Kier molecular flexibility index (Phi) is 4.72. The average molecular weight is 406 g/mol. The van der Waals surface area contributed by atoms with Gasteiger partial charge in [0, 0.05) is 18.0 Å². The highest BCUT2D eigenvalue weighted by molar-refractivity contribution is 7.90. The SMILES string of the molecule is Cc1cc(-c2cc(C(F)(F)F)nn2-c2ccc(S(C)(=O)=O)cn2)ccc1C#N. The van der Waals surface area contributed by atoms with Crippen LogP contribution in [0.4, 0.5) is 13.2 Å². The average Bonchev–Trinajstić information content (AvgIpc) is 3.07. The number of alkyl halides is 3. The molecule has 0 fully saturated rings. The standard InChI is InChI=1S/C18H13F3N4O2S/c1-11-7-12(3-4-13(11)9-22)15-8-16(18(19,20)21)24-25(15)17-6-5-14(10-23-17)28(2,26)27/h3-8,10H,1-2H3. The Balaban J connectivity index is 2.19. The molecule has 0 radical (unpaired) electrons. The third-order valence-electron chi connectivity index (χ3n) is 4.01. The molecule has 6 nitrogen and oxygen atoms in total. The van der Waals surface area contributed by atoms with Gasteiger partial charge in [0.2, 0.25) is 0 Å². The summed E-state index contributed by atoms with van der Waals surface area (Å²) in [6.45, 7) is 1.67. The second kappa shape index (κ2) is 6.76. The summed E-state index contributed by atoms with van der Waals surface area (Å²) in [5, 5.41) is 12.6. The quantitative estimate of drug-likeness (QED) is 0.664. The zero-order chi connectivity index (χ0) is 20.7.